The van der Waals surface area contributed by atoms with E-state index in [-0.39, 0.29) is 27.8 Å². The SMILES string of the molecule is COc1ccc(NC(=O)c2cc(F)cc(Br)c2C)cc1S(=O)(=O)NC1=C(C)C=CCC1C. The van der Waals surface area contributed by atoms with Crippen molar-refractivity contribution in [2.45, 2.75) is 32.1 Å². The first-order chi connectivity index (χ1) is 15.0. The van der Waals surface area contributed by atoms with Crippen molar-refractivity contribution >= 4 is 37.5 Å². The number of carbonyl (C=O) groups is 1. The zero-order valence-corrected chi connectivity index (χ0v) is 20.5. The Morgan fingerprint density at radius 1 is 1.22 bits per heavy atom. The highest BCUT2D eigenvalue weighted by molar-refractivity contribution is 9.10. The van der Waals surface area contributed by atoms with Crippen LogP contribution < -0.4 is 14.8 Å². The number of carbonyl (C=O) groups excluding carboxylic acids is 1. The lowest BCUT2D eigenvalue weighted by Gasteiger charge is -2.23. The van der Waals surface area contributed by atoms with Crippen molar-refractivity contribution in [1.29, 1.82) is 0 Å². The molecule has 1 atom stereocenters. The average molecular weight is 523 g/mol. The van der Waals surface area contributed by atoms with Crippen LogP contribution in [0.5, 0.6) is 5.75 Å². The Kier molecular flexibility index (Phi) is 7.09. The Morgan fingerprint density at radius 3 is 2.59 bits per heavy atom. The number of anilines is 1. The third-order valence-corrected chi connectivity index (χ3v) is 7.49. The van der Waals surface area contributed by atoms with Gasteiger partial charge in [-0.2, -0.15) is 0 Å². The van der Waals surface area contributed by atoms with Gasteiger partial charge in [0.05, 0.1) is 7.11 Å². The molecule has 0 fully saturated rings. The van der Waals surface area contributed by atoms with Crippen LogP contribution in [-0.4, -0.2) is 21.4 Å². The van der Waals surface area contributed by atoms with Crippen molar-refractivity contribution in [2.75, 3.05) is 12.4 Å². The van der Waals surface area contributed by atoms with Gasteiger partial charge >= 0.3 is 0 Å². The first kappa shape index (κ1) is 24.0. The zero-order chi connectivity index (χ0) is 23.6. The molecule has 0 aromatic heterocycles. The lowest BCUT2D eigenvalue weighted by molar-refractivity contribution is 0.102. The first-order valence-corrected chi connectivity index (χ1v) is 12.2. The fraction of sp³-hybridized carbons (Fsp3) is 0.261. The third-order valence-electron chi connectivity index (χ3n) is 5.28. The van der Waals surface area contributed by atoms with Crippen LogP contribution in [0.25, 0.3) is 0 Å². The number of halogens is 2. The summed E-state index contributed by atoms with van der Waals surface area (Å²) in [5, 5.41) is 2.64. The van der Waals surface area contributed by atoms with Crippen molar-refractivity contribution < 1.29 is 22.3 Å². The van der Waals surface area contributed by atoms with E-state index >= 15 is 0 Å². The molecule has 0 heterocycles. The lowest BCUT2D eigenvalue weighted by atomic mass is 9.95. The molecule has 0 aliphatic heterocycles. The number of rotatable bonds is 6. The third kappa shape index (κ3) is 5.05. The highest BCUT2D eigenvalue weighted by atomic mass is 79.9. The Hall–Kier alpha value is -2.65. The molecule has 1 amide bonds. The van der Waals surface area contributed by atoms with E-state index < -0.39 is 21.7 Å². The van der Waals surface area contributed by atoms with Gasteiger partial charge in [0, 0.05) is 27.3 Å². The largest absolute Gasteiger partial charge is 0.495 e. The molecule has 1 aliphatic rings. The quantitative estimate of drug-likeness (QED) is 0.538. The second-order valence-corrected chi connectivity index (χ2v) is 10.1. The van der Waals surface area contributed by atoms with Crippen LogP contribution in [0.15, 0.2) is 63.1 Å². The van der Waals surface area contributed by atoms with Crippen LogP contribution in [0.2, 0.25) is 0 Å². The molecule has 6 nitrogen and oxygen atoms in total. The summed E-state index contributed by atoms with van der Waals surface area (Å²) < 4.78 is 48.6. The Balaban J connectivity index is 1.95. The number of sulfonamides is 1. The summed E-state index contributed by atoms with van der Waals surface area (Å²) in [7, 11) is -2.63. The van der Waals surface area contributed by atoms with Gasteiger partial charge in [0.2, 0.25) is 0 Å². The second kappa shape index (κ2) is 9.46. The topological polar surface area (TPSA) is 84.5 Å². The molecule has 0 spiro atoms. The standard InChI is InChI=1S/C23H24BrFN2O4S/c1-13-6-5-7-14(2)22(13)27-32(29,30)21-12-17(8-9-20(21)31-4)26-23(28)18-10-16(25)11-19(24)15(18)3/h5-6,8-12,14,27H,7H2,1-4H3,(H,26,28). The first-order valence-electron chi connectivity index (χ1n) is 9.88. The number of ether oxygens (including phenoxy) is 1. The van der Waals surface area contributed by atoms with Crippen LogP contribution >= 0.6 is 15.9 Å². The number of hydrogen-bond donors (Lipinski definition) is 2. The number of amides is 1. The maximum absolute atomic E-state index is 13.8. The van der Waals surface area contributed by atoms with E-state index in [1.165, 1.54) is 31.4 Å². The van der Waals surface area contributed by atoms with E-state index in [4.69, 9.17) is 4.74 Å². The predicted octanol–water partition coefficient (Wildman–Crippen LogP) is 5.31. The minimum Gasteiger partial charge on any atom is -0.495 e. The van der Waals surface area contributed by atoms with Gasteiger partial charge in [0.1, 0.15) is 16.5 Å². The van der Waals surface area contributed by atoms with E-state index in [1.54, 1.807) is 6.92 Å². The zero-order valence-electron chi connectivity index (χ0n) is 18.1. The number of benzene rings is 2. The van der Waals surface area contributed by atoms with Gasteiger partial charge in [-0.25, -0.2) is 12.8 Å². The van der Waals surface area contributed by atoms with E-state index in [0.29, 0.717) is 15.7 Å². The molecular weight excluding hydrogens is 499 g/mol. The van der Waals surface area contributed by atoms with Crippen molar-refractivity contribution in [3.63, 3.8) is 0 Å². The molecule has 1 unspecified atom stereocenters. The van der Waals surface area contributed by atoms with Crippen LogP contribution in [-0.2, 0) is 10.0 Å². The molecule has 2 N–H and O–H groups in total. The fourth-order valence-electron chi connectivity index (χ4n) is 3.47. The summed E-state index contributed by atoms with van der Waals surface area (Å²) >= 11 is 3.23. The van der Waals surface area contributed by atoms with Gasteiger partial charge in [-0.1, -0.05) is 35.0 Å². The molecule has 0 saturated carbocycles. The molecule has 170 valence electrons. The fourth-order valence-corrected chi connectivity index (χ4v) is 5.36. The monoisotopic (exact) mass is 522 g/mol. The van der Waals surface area contributed by atoms with Gasteiger partial charge in [-0.05, 0) is 61.7 Å². The summed E-state index contributed by atoms with van der Waals surface area (Å²) in [4.78, 5) is 12.6. The maximum atomic E-state index is 13.8. The van der Waals surface area contributed by atoms with Gasteiger partial charge in [0.15, 0.2) is 0 Å². The summed E-state index contributed by atoms with van der Waals surface area (Å²) in [5.74, 6) is -0.974. The number of allylic oxidation sites excluding steroid dienone is 4. The van der Waals surface area contributed by atoms with Gasteiger partial charge in [-0.15, -0.1) is 0 Å². The smallest absolute Gasteiger partial charge is 0.265 e. The van der Waals surface area contributed by atoms with Gasteiger partial charge in [0.25, 0.3) is 15.9 Å². The van der Waals surface area contributed by atoms with Crippen LogP contribution in [0.1, 0.15) is 36.2 Å². The van der Waals surface area contributed by atoms with Crippen LogP contribution in [0.4, 0.5) is 10.1 Å². The molecule has 1 aliphatic carbocycles. The van der Waals surface area contributed by atoms with Crippen molar-refractivity contribution in [3.05, 3.63) is 75.2 Å². The average Bonchev–Trinajstić information content (AvgIpc) is 2.73. The van der Waals surface area contributed by atoms with Crippen molar-refractivity contribution in [3.8, 4) is 5.75 Å². The molecule has 2 aromatic carbocycles. The van der Waals surface area contributed by atoms with Gasteiger partial charge < -0.3 is 10.1 Å². The number of hydrogen-bond acceptors (Lipinski definition) is 4. The summed E-state index contributed by atoms with van der Waals surface area (Å²) in [5.41, 5.74) is 2.39. The predicted molar refractivity (Wildman–Crippen MR) is 126 cm³/mol. The molecule has 0 radical (unpaired) electrons. The minimum absolute atomic E-state index is 0.0121. The number of nitrogens with one attached hydrogen (secondary N) is 2. The Labute approximate surface area is 195 Å². The molecule has 0 saturated heterocycles. The highest BCUT2D eigenvalue weighted by Gasteiger charge is 2.25. The normalized spacial score (nSPS) is 16.1. The molecule has 3 rings (SSSR count). The molecule has 0 bridgehead atoms. The van der Waals surface area contributed by atoms with Crippen molar-refractivity contribution in [1.82, 2.24) is 4.72 Å². The van der Waals surface area contributed by atoms with Crippen LogP contribution in [0, 0.1) is 18.7 Å². The molecular formula is C23H24BrFN2O4S. The Bertz CT molecular complexity index is 1240. The highest BCUT2D eigenvalue weighted by Crippen LogP contribution is 2.31. The Morgan fingerprint density at radius 2 is 1.94 bits per heavy atom. The van der Waals surface area contributed by atoms with E-state index in [2.05, 4.69) is 26.0 Å². The molecule has 9 heteroatoms. The van der Waals surface area contributed by atoms with Gasteiger partial charge in [-0.3, -0.25) is 9.52 Å². The molecule has 32 heavy (non-hydrogen) atoms. The van der Waals surface area contributed by atoms with Crippen molar-refractivity contribution in [2.24, 2.45) is 5.92 Å². The van der Waals surface area contributed by atoms with Crippen LogP contribution in [0.3, 0.4) is 0 Å². The van der Waals surface area contributed by atoms with E-state index in [9.17, 15) is 17.6 Å². The number of methoxy groups -OCH3 is 1. The van der Waals surface area contributed by atoms with E-state index in [0.717, 1.165) is 18.1 Å². The maximum Gasteiger partial charge on any atom is 0.265 e. The lowest BCUT2D eigenvalue weighted by Crippen LogP contribution is -2.28. The summed E-state index contributed by atoms with van der Waals surface area (Å²) in [6, 6.07) is 6.71. The van der Waals surface area contributed by atoms with E-state index in [1.807, 2.05) is 26.0 Å². The second-order valence-electron chi connectivity index (χ2n) is 7.62. The summed E-state index contributed by atoms with van der Waals surface area (Å²) in [6.45, 7) is 5.47. The minimum atomic E-state index is -4.00. The molecule has 2 aromatic rings. The summed E-state index contributed by atoms with van der Waals surface area (Å²) in [6.07, 6.45) is 4.61.